The molecule has 3 rings (SSSR count). The van der Waals surface area contributed by atoms with Crippen LogP contribution in [0.2, 0.25) is 0 Å². The van der Waals surface area contributed by atoms with E-state index in [9.17, 15) is 14.0 Å². The lowest BCUT2D eigenvalue weighted by atomic mass is 10.1. The second-order valence-corrected chi connectivity index (χ2v) is 4.65. The van der Waals surface area contributed by atoms with E-state index in [-0.39, 0.29) is 12.4 Å². The molecule has 1 aromatic carbocycles. The summed E-state index contributed by atoms with van der Waals surface area (Å²) in [5, 5.41) is 10.6. The molecule has 8 heteroatoms. The zero-order valence-electron chi connectivity index (χ0n) is 11.7. The fourth-order valence-corrected chi connectivity index (χ4v) is 1.85. The van der Waals surface area contributed by atoms with Gasteiger partial charge in [-0.15, -0.1) is 5.11 Å². The van der Waals surface area contributed by atoms with Crippen LogP contribution in [0, 0.1) is 5.82 Å². The number of nitrogens with zero attached hydrogens (tertiary/aromatic N) is 3. The first-order valence-electron chi connectivity index (χ1n) is 6.63. The Bertz CT molecular complexity index is 779. The third-order valence-corrected chi connectivity index (χ3v) is 2.99. The highest BCUT2D eigenvalue weighted by Crippen LogP contribution is 2.21. The molecule has 116 valence electrons. The lowest BCUT2D eigenvalue weighted by Crippen LogP contribution is -2.21. The summed E-state index contributed by atoms with van der Waals surface area (Å²) < 4.78 is 23.0. The Morgan fingerprint density at radius 2 is 2.09 bits per heavy atom. The topological polar surface area (TPSA) is 94.1 Å². The van der Waals surface area contributed by atoms with E-state index in [1.165, 1.54) is 18.2 Å². The molecule has 1 atom stereocenters. The van der Waals surface area contributed by atoms with Crippen LogP contribution >= 0.6 is 0 Å². The number of esters is 1. The average molecular weight is 315 g/mol. The van der Waals surface area contributed by atoms with Gasteiger partial charge in [0.2, 0.25) is 0 Å². The minimum atomic E-state index is -0.934. The smallest absolute Gasteiger partial charge is 0.337 e. The van der Waals surface area contributed by atoms with Crippen molar-refractivity contribution in [1.82, 2.24) is 5.16 Å². The quantitative estimate of drug-likeness (QED) is 0.808. The minimum Gasteiger partial charge on any atom is -0.457 e. The zero-order valence-corrected chi connectivity index (χ0v) is 11.7. The van der Waals surface area contributed by atoms with Crippen molar-refractivity contribution in [2.75, 3.05) is 0 Å². The van der Waals surface area contributed by atoms with Crippen LogP contribution in [0.15, 0.2) is 57.2 Å². The van der Waals surface area contributed by atoms with Crippen molar-refractivity contribution >= 4 is 11.9 Å². The Hall–Kier alpha value is -3.16. The highest BCUT2D eigenvalue weighted by atomic mass is 19.1. The molecule has 7 nitrogen and oxygen atoms in total. The SMILES string of the molecule is O=C1C=CC(C(=O)OCc2cc(-c3ccc(F)cc3)on2)N=N1. The highest BCUT2D eigenvalue weighted by Gasteiger charge is 2.20. The van der Waals surface area contributed by atoms with Gasteiger partial charge in [-0.3, -0.25) is 4.79 Å². The van der Waals surface area contributed by atoms with E-state index in [1.807, 2.05) is 0 Å². The third-order valence-electron chi connectivity index (χ3n) is 2.99. The van der Waals surface area contributed by atoms with E-state index in [2.05, 4.69) is 15.4 Å². The van der Waals surface area contributed by atoms with Gasteiger partial charge in [-0.05, 0) is 30.3 Å². The van der Waals surface area contributed by atoms with Crippen molar-refractivity contribution in [1.29, 1.82) is 0 Å². The van der Waals surface area contributed by atoms with Gasteiger partial charge in [-0.25, -0.2) is 9.18 Å². The van der Waals surface area contributed by atoms with Crippen molar-refractivity contribution in [3.63, 3.8) is 0 Å². The highest BCUT2D eigenvalue weighted by molar-refractivity contribution is 5.91. The maximum Gasteiger partial charge on any atom is 0.337 e. The minimum absolute atomic E-state index is 0.114. The number of azo groups is 1. The van der Waals surface area contributed by atoms with E-state index in [0.29, 0.717) is 17.0 Å². The van der Waals surface area contributed by atoms with Crippen molar-refractivity contribution < 1.29 is 23.2 Å². The van der Waals surface area contributed by atoms with Crippen LogP contribution in [0.25, 0.3) is 11.3 Å². The second-order valence-electron chi connectivity index (χ2n) is 4.65. The largest absolute Gasteiger partial charge is 0.457 e. The van der Waals surface area contributed by atoms with Crippen LogP contribution in [0.4, 0.5) is 4.39 Å². The van der Waals surface area contributed by atoms with Gasteiger partial charge in [-0.1, -0.05) is 5.16 Å². The standard InChI is InChI=1S/C15H10FN3O4/c16-10-3-1-9(2-4-10)13-7-11(19-23-13)8-22-15(21)12-5-6-14(20)18-17-12/h1-7,12H,8H2. The molecule has 1 amide bonds. The fraction of sp³-hybridized carbons (Fsp3) is 0.133. The molecule has 1 aromatic heterocycles. The van der Waals surface area contributed by atoms with Gasteiger partial charge >= 0.3 is 5.97 Å². The molecule has 0 bridgehead atoms. The van der Waals surface area contributed by atoms with Gasteiger partial charge in [0.25, 0.3) is 5.91 Å². The van der Waals surface area contributed by atoms with Gasteiger partial charge in [0.15, 0.2) is 11.8 Å². The van der Waals surface area contributed by atoms with Crippen molar-refractivity contribution in [3.05, 3.63) is 54.0 Å². The van der Waals surface area contributed by atoms with Crippen LogP contribution in [-0.2, 0) is 20.9 Å². The van der Waals surface area contributed by atoms with E-state index < -0.39 is 17.9 Å². The molecular formula is C15H10FN3O4. The van der Waals surface area contributed by atoms with E-state index >= 15 is 0 Å². The number of hydrogen-bond acceptors (Lipinski definition) is 6. The summed E-state index contributed by atoms with van der Waals surface area (Å²) >= 11 is 0. The molecule has 0 N–H and O–H groups in total. The molecule has 0 saturated carbocycles. The first-order chi connectivity index (χ1) is 11.1. The van der Waals surface area contributed by atoms with E-state index in [4.69, 9.17) is 9.26 Å². The van der Waals surface area contributed by atoms with Gasteiger partial charge in [0.1, 0.15) is 18.1 Å². The van der Waals surface area contributed by atoms with Gasteiger partial charge < -0.3 is 9.26 Å². The Labute approximate surface area is 129 Å². The summed E-state index contributed by atoms with van der Waals surface area (Å²) in [5.74, 6) is -1.09. The molecule has 0 saturated heterocycles. The van der Waals surface area contributed by atoms with E-state index in [1.54, 1.807) is 18.2 Å². The average Bonchev–Trinajstić information content (AvgIpc) is 3.03. The monoisotopic (exact) mass is 315 g/mol. The molecule has 0 fully saturated rings. The summed E-state index contributed by atoms with van der Waals surface area (Å²) in [6.45, 7) is -0.114. The lowest BCUT2D eigenvalue weighted by molar-refractivity contribution is -0.145. The number of aromatic nitrogens is 1. The Morgan fingerprint density at radius 3 is 2.78 bits per heavy atom. The number of hydrogen-bond donors (Lipinski definition) is 0. The first-order valence-corrected chi connectivity index (χ1v) is 6.63. The molecule has 23 heavy (non-hydrogen) atoms. The Balaban J connectivity index is 1.60. The van der Waals surface area contributed by atoms with Crippen LogP contribution in [-0.4, -0.2) is 23.1 Å². The zero-order chi connectivity index (χ0) is 16.2. The fourth-order valence-electron chi connectivity index (χ4n) is 1.85. The van der Waals surface area contributed by atoms with Crippen LogP contribution in [0.5, 0.6) is 0 Å². The normalized spacial score (nSPS) is 16.6. The Morgan fingerprint density at radius 1 is 1.30 bits per heavy atom. The number of rotatable bonds is 4. The number of amides is 1. The van der Waals surface area contributed by atoms with Crippen LogP contribution in [0.1, 0.15) is 5.69 Å². The molecular weight excluding hydrogens is 305 g/mol. The van der Waals surface area contributed by atoms with Crippen molar-refractivity contribution in [2.45, 2.75) is 12.6 Å². The number of ether oxygens (including phenoxy) is 1. The molecule has 1 unspecified atom stereocenters. The number of halogens is 1. The predicted molar refractivity (Wildman–Crippen MR) is 74.5 cm³/mol. The molecule has 2 aromatic rings. The second kappa shape index (κ2) is 6.30. The Kier molecular flexibility index (Phi) is 4.05. The maximum atomic E-state index is 12.9. The summed E-state index contributed by atoms with van der Waals surface area (Å²) in [5.41, 5.74) is 1.05. The van der Waals surface area contributed by atoms with Crippen molar-refractivity contribution in [2.24, 2.45) is 10.2 Å². The van der Waals surface area contributed by atoms with Crippen LogP contribution < -0.4 is 0 Å². The molecule has 0 aliphatic carbocycles. The summed E-state index contributed by atoms with van der Waals surface area (Å²) in [6.07, 6.45) is 2.46. The number of carbonyl (C=O) groups excluding carboxylic acids is 2. The van der Waals surface area contributed by atoms with Crippen molar-refractivity contribution in [3.8, 4) is 11.3 Å². The summed E-state index contributed by atoms with van der Waals surface area (Å²) in [6, 6.07) is 6.36. The molecule has 2 heterocycles. The molecule has 1 aliphatic rings. The summed E-state index contributed by atoms with van der Waals surface area (Å²) in [4.78, 5) is 22.6. The third kappa shape index (κ3) is 3.54. The van der Waals surface area contributed by atoms with Gasteiger partial charge in [0, 0.05) is 17.7 Å². The molecule has 1 aliphatic heterocycles. The number of carbonyl (C=O) groups is 2. The summed E-state index contributed by atoms with van der Waals surface area (Å²) in [7, 11) is 0. The lowest BCUT2D eigenvalue weighted by Gasteiger charge is -2.07. The molecule has 0 radical (unpaired) electrons. The number of benzene rings is 1. The maximum absolute atomic E-state index is 12.9. The van der Waals surface area contributed by atoms with E-state index in [0.717, 1.165) is 6.08 Å². The molecule has 0 spiro atoms. The van der Waals surface area contributed by atoms with Gasteiger partial charge in [0.05, 0.1) is 0 Å². The predicted octanol–water partition coefficient (Wildman–Crippen LogP) is 2.44. The van der Waals surface area contributed by atoms with Gasteiger partial charge in [-0.2, -0.15) is 5.11 Å². The van der Waals surface area contributed by atoms with Crippen LogP contribution in [0.3, 0.4) is 0 Å². The first kappa shape index (κ1) is 14.8.